The van der Waals surface area contributed by atoms with E-state index in [0.717, 1.165) is 0 Å². The maximum Gasteiger partial charge on any atom is 0.0124 e. The molecule has 2 unspecified atom stereocenters. The molecule has 2 aliphatic carbocycles. The summed E-state index contributed by atoms with van der Waals surface area (Å²) in [6, 6.07) is 0. The molecule has 0 aromatic heterocycles. The summed E-state index contributed by atoms with van der Waals surface area (Å²) in [4.78, 5) is 0. The van der Waals surface area contributed by atoms with Gasteiger partial charge in [-0.15, -0.1) is 0 Å². The molecule has 1 saturated carbocycles. The third-order valence-electron chi connectivity index (χ3n) is 3.83. The average Bonchev–Trinajstić information content (AvgIpc) is 2.58. The van der Waals surface area contributed by atoms with Crippen LogP contribution in [0.15, 0.2) is 55.8 Å². The predicted octanol–water partition coefficient (Wildman–Crippen LogP) is 5.97. The van der Waals surface area contributed by atoms with E-state index in [1.165, 1.54) is 13.6 Å². The highest BCUT2D eigenvalue weighted by molar-refractivity contribution is 14.1. The van der Waals surface area contributed by atoms with E-state index < -0.39 is 0 Å². The summed E-state index contributed by atoms with van der Waals surface area (Å²) >= 11 is 4.74. The molecule has 0 spiro atoms. The van der Waals surface area contributed by atoms with Crippen LogP contribution in [0.1, 0.15) is 20.3 Å². The molecule has 0 aliphatic heterocycles. The molecule has 0 bridgehead atoms. The molecule has 0 aromatic rings. The van der Waals surface area contributed by atoms with Crippen molar-refractivity contribution in [1.29, 1.82) is 0 Å². The second-order valence-electron chi connectivity index (χ2n) is 5.62. The first-order valence-corrected chi connectivity index (χ1v) is 8.34. The summed E-state index contributed by atoms with van der Waals surface area (Å²) in [6.07, 6.45) is 14.6. The Hall–Kier alpha value is 0.160. The first kappa shape index (κ1) is 14.6. The fourth-order valence-electron chi connectivity index (χ4n) is 2.90. The SMILES string of the molecule is C=C/C(I)=C\C=C1/CC(C)(C)C2C=C(I)C=CC12. The van der Waals surface area contributed by atoms with Crippen molar-refractivity contribution in [3.05, 3.63) is 55.8 Å². The lowest BCUT2D eigenvalue weighted by Gasteiger charge is -2.28. The second kappa shape index (κ2) is 5.65. The van der Waals surface area contributed by atoms with Gasteiger partial charge in [-0.1, -0.05) is 56.4 Å². The summed E-state index contributed by atoms with van der Waals surface area (Å²) in [7, 11) is 0. The number of allylic oxidation sites excluding steroid dienone is 9. The van der Waals surface area contributed by atoms with Gasteiger partial charge >= 0.3 is 0 Å². The van der Waals surface area contributed by atoms with Gasteiger partial charge in [0.2, 0.25) is 0 Å². The van der Waals surface area contributed by atoms with E-state index >= 15 is 0 Å². The monoisotopic (exact) mass is 464 g/mol. The molecule has 2 heteroatoms. The molecule has 0 nitrogen and oxygen atoms in total. The first-order valence-electron chi connectivity index (χ1n) is 6.18. The molecular formula is C16H18I2. The molecule has 96 valence electrons. The molecule has 0 heterocycles. The van der Waals surface area contributed by atoms with Crippen LogP contribution in [0.3, 0.4) is 0 Å². The van der Waals surface area contributed by atoms with E-state index in [2.05, 4.69) is 96.0 Å². The van der Waals surface area contributed by atoms with E-state index in [-0.39, 0.29) is 0 Å². The standard InChI is InChI=1S/C16H18I2/c1-4-12(17)6-5-11-10-16(2,3)15-9-13(18)7-8-14(11)15/h4-9,14-15H,1,10H2,2-3H3/b11-5+,12-6+. The molecular weight excluding hydrogens is 446 g/mol. The van der Waals surface area contributed by atoms with Crippen molar-refractivity contribution in [2.75, 3.05) is 0 Å². The largest absolute Gasteiger partial charge is 0.0980 e. The molecule has 2 rings (SSSR count). The van der Waals surface area contributed by atoms with E-state index in [9.17, 15) is 0 Å². The van der Waals surface area contributed by atoms with Gasteiger partial charge in [0.1, 0.15) is 0 Å². The minimum atomic E-state index is 0.366. The van der Waals surface area contributed by atoms with Gasteiger partial charge in [0.05, 0.1) is 0 Å². The molecule has 0 amide bonds. The molecule has 2 atom stereocenters. The maximum absolute atomic E-state index is 3.80. The van der Waals surface area contributed by atoms with Gasteiger partial charge in [-0.3, -0.25) is 0 Å². The molecule has 18 heavy (non-hydrogen) atoms. The fourth-order valence-corrected chi connectivity index (χ4v) is 3.67. The average molecular weight is 464 g/mol. The molecule has 0 saturated heterocycles. The van der Waals surface area contributed by atoms with Crippen molar-refractivity contribution in [2.45, 2.75) is 20.3 Å². The van der Waals surface area contributed by atoms with E-state index in [1.54, 1.807) is 5.57 Å². The Kier molecular flexibility index (Phi) is 4.57. The topological polar surface area (TPSA) is 0 Å². The van der Waals surface area contributed by atoms with Crippen molar-refractivity contribution in [1.82, 2.24) is 0 Å². The Bertz CT molecular complexity index is 475. The zero-order chi connectivity index (χ0) is 13.3. The second-order valence-corrected chi connectivity index (χ2v) is 8.12. The lowest BCUT2D eigenvalue weighted by Crippen LogP contribution is -2.20. The predicted molar refractivity (Wildman–Crippen MR) is 97.0 cm³/mol. The van der Waals surface area contributed by atoms with Gasteiger partial charge in [-0.25, -0.2) is 0 Å². The van der Waals surface area contributed by atoms with Crippen LogP contribution in [0.5, 0.6) is 0 Å². The van der Waals surface area contributed by atoms with Gasteiger partial charge in [0.15, 0.2) is 0 Å². The van der Waals surface area contributed by atoms with Crippen molar-refractivity contribution in [2.24, 2.45) is 17.3 Å². The summed E-state index contributed by atoms with van der Waals surface area (Å²) in [5.74, 6) is 1.24. The first-order chi connectivity index (χ1) is 8.44. The van der Waals surface area contributed by atoms with Crippen molar-refractivity contribution < 1.29 is 0 Å². The number of rotatable bonds is 2. The third-order valence-corrected chi connectivity index (χ3v) is 5.35. The highest BCUT2D eigenvalue weighted by Gasteiger charge is 2.43. The van der Waals surface area contributed by atoms with Gasteiger partial charge in [-0.2, -0.15) is 0 Å². The van der Waals surface area contributed by atoms with Crippen LogP contribution in [0, 0.1) is 17.3 Å². The third kappa shape index (κ3) is 3.00. The highest BCUT2D eigenvalue weighted by atomic mass is 127. The summed E-state index contributed by atoms with van der Waals surface area (Å²) in [5.41, 5.74) is 1.92. The number of fused-ring (bicyclic) bond motifs is 1. The summed E-state index contributed by atoms with van der Waals surface area (Å²) in [6.45, 7) is 8.56. The van der Waals surface area contributed by atoms with Gasteiger partial charge in [0, 0.05) is 13.1 Å². The number of halogens is 2. The van der Waals surface area contributed by atoms with E-state index in [4.69, 9.17) is 0 Å². The minimum Gasteiger partial charge on any atom is -0.0980 e. The van der Waals surface area contributed by atoms with Crippen molar-refractivity contribution in [3.8, 4) is 0 Å². The summed E-state index contributed by atoms with van der Waals surface area (Å²) in [5, 5.41) is 0. The Labute approximate surface area is 137 Å². The number of hydrogen-bond donors (Lipinski definition) is 0. The lowest BCUT2D eigenvalue weighted by molar-refractivity contribution is 0.288. The number of hydrogen-bond acceptors (Lipinski definition) is 0. The van der Waals surface area contributed by atoms with Crippen LogP contribution >= 0.6 is 45.2 Å². The van der Waals surface area contributed by atoms with Crippen LogP contribution in [-0.4, -0.2) is 0 Å². The minimum absolute atomic E-state index is 0.366. The fraction of sp³-hybridized carbons (Fsp3) is 0.375. The van der Waals surface area contributed by atoms with Crippen LogP contribution in [0.4, 0.5) is 0 Å². The molecule has 0 aromatic carbocycles. The van der Waals surface area contributed by atoms with E-state index in [0.29, 0.717) is 17.3 Å². The Balaban J connectivity index is 2.32. The van der Waals surface area contributed by atoms with Crippen LogP contribution in [-0.2, 0) is 0 Å². The Morgan fingerprint density at radius 1 is 1.50 bits per heavy atom. The normalized spacial score (nSPS) is 32.3. The van der Waals surface area contributed by atoms with Gasteiger partial charge in [-0.05, 0) is 69.0 Å². The Morgan fingerprint density at radius 2 is 2.22 bits per heavy atom. The van der Waals surface area contributed by atoms with Crippen LogP contribution in [0.2, 0.25) is 0 Å². The zero-order valence-corrected chi connectivity index (χ0v) is 15.1. The molecule has 2 aliphatic rings. The molecule has 0 N–H and O–H groups in total. The van der Waals surface area contributed by atoms with E-state index in [1.807, 2.05) is 6.08 Å². The lowest BCUT2D eigenvalue weighted by atomic mass is 9.77. The van der Waals surface area contributed by atoms with Gasteiger partial charge < -0.3 is 0 Å². The quantitative estimate of drug-likeness (QED) is 0.349. The smallest absolute Gasteiger partial charge is 0.0124 e. The van der Waals surface area contributed by atoms with Crippen molar-refractivity contribution in [3.63, 3.8) is 0 Å². The van der Waals surface area contributed by atoms with Gasteiger partial charge in [0.25, 0.3) is 0 Å². The van der Waals surface area contributed by atoms with Crippen LogP contribution < -0.4 is 0 Å². The summed E-state index contributed by atoms with van der Waals surface area (Å²) < 4.78 is 2.57. The molecule has 0 radical (unpaired) electrons. The highest BCUT2D eigenvalue weighted by Crippen LogP contribution is 2.53. The Morgan fingerprint density at radius 3 is 2.89 bits per heavy atom. The zero-order valence-electron chi connectivity index (χ0n) is 10.8. The van der Waals surface area contributed by atoms with Crippen LogP contribution in [0.25, 0.3) is 0 Å². The maximum atomic E-state index is 3.80. The molecule has 1 fully saturated rings. The van der Waals surface area contributed by atoms with Crippen molar-refractivity contribution >= 4 is 45.2 Å².